The predicted octanol–water partition coefficient (Wildman–Crippen LogP) is 2.96. The number of carbonyl (C=O) groups excluding carboxylic acids is 1. The van der Waals surface area contributed by atoms with Crippen LogP contribution in [0.1, 0.15) is 27.3 Å². The van der Waals surface area contributed by atoms with Crippen molar-refractivity contribution in [1.82, 2.24) is 14.9 Å². The van der Waals surface area contributed by atoms with Crippen molar-refractivity contribution in [3.63, 3.8) is 0 Å². The second-order valence-electron chi connectivity index (χ2n) is 7.28. The highest BCUT2D eigenvalue weighted by Crippen LogP contribution is 2.30. The third-order valence-electron chi connectivity index (χ3n) is 5.48. The highest BCUT2D eigenvalue weighted by Gasteiger charge is 2.25. The van der Waals surface area contributed by atoms with E-state index in [-0.39, 0.29) is 11.6 Å². The van der Waals surface area contributed by atoms with Gasteiger partial charge in [0.2, 0.25) is 0 Å². The maximum atomic E-state index is 12.3. The number of carbonyl (C=O) groups is 1. The number of nitrogens with one attached hydrogen (secondary N) is 1. The lowest BCUT2D eigenvalue weighted by molar-refractivity contribution is -0.384. The Morgan fingerprint density at radius 3 is 2.77 bits per heavy atom. The number of anilines is 1. The molecule has 4 rings (SSSR count). The second-order valence-corrected chi connectivity index (χ2v) is 7.28. The molecule has 0 atom stereocenters. The fourth-order valence-electron chi connectivity index (χ4n) is 3.89. The molecule has 0 aliphatic carbocycles. The first kappa shape index (κ1) is 19.6. The van der Waals surface area contributed by atoms with Gasteiger partial charge in [0.25, 0.3) is 11.6 Å². The molecule has 8 nitrogen and oxygen atoms in total. The molecule has 2 aromatic carbocycles. The summed E-state index contributed by atoms with van der Waals surface area (Å²) in [5.41, 5.74) is 4.38. The lowest BCUT2D eigenvalue weighted by atomic mass is 10.1. The summed E-state index contributed by atoms with van der Waals surface area (Å²) < 4.78 is 2.20. The Kier molecular flexibility index (Phi) is 5.47. The van der Waals surface area contributed by atoms with Crippen LogP contribution < -0.4 is 10.2 Å². The highest BCUT2D eigenvalue weighted by atomic mass is 16.6. The van der Waals surface area contributed by atoms with Crippen LogP contribution >= 0.6 is 0 Å². The number of aryl methyl sites for hydroxylation is 2. The van der Waals surface area contributed by atoms with E-state index in [1.54, 1.807) is 6.07 Å². The molecule has 1 aliphatic rings. The van der Waals surface area contributed by atoms with Gasteiger partial charge in [-0.05, 0) is 18.1 Å². The topological polar surface area (TPSA) is 93.3 Å². The van der Waals surface area contributed by atoms with Crippen LogP contribution in [0.5, 0.6) is 0 Å². The molecule has 30 heavy (non-hydrogen) atoms. The molecule has 1 aromatic heterocycles. The van der Waals surface area contributed by atoms with E-state index in [0.717, 1.165) is 25.1 Å². The summed E-state index contributed by atoms with van der Waals surface area (Å²) in [6.45, 7) is 2.15. The lowest BCUT2D eigenvalue weighted by Gasteiger charge is -2.30. The summed E-state index contributed by atoms with van der Waals surface area (Å²) in [5, 5.41) is 13.7. The quantitative estimate of drug-likeness (QED) is 0.503. The average Bonchev–Trinajstić information content (AvgIpc) is 3.19. The first-order valence-electron chi connectivity index (χ1n) is 9.89. The minimum atomic E-state index is -0.487. The molecule has 3 aromatic rings. The van der Waals surface area contributed by atoms with Crippen molar-refractivity contribution < 1.29 is 9.72 Å². The Labute approximate surface area is 174 Å². The van der Waals surface area contributed by atoms with E-state index in [9.17, 15) is 14.9 Å². The molecule has 154 valence electrons. The molecule has 1 aliphatic heterocycles. The summed E-state index contributed by atoms with van der Waals surface area (Å²) in [4.78, 5) is 29.6. The van der Waals surface area contributed by atoms with E-state index >= 15 is 0 Å². The number of nitro benzene ring substituents is 1. The standard InChI is InChI=1S/C22H23N5O3/c1-23-22(28)18-13-17(27(29)30)7-8-20(18)25-12-10-21-19(14-25)24-15-26(21)11-9-16-5-3-2-4-6-16/h2-8,13,15H,9-12,14H2,1H3,(H,23,28). The third-order valence-corrected chi connectivity index (χ3v) is 5.48. The van der Waals surface area contributed by atoms with Crippen molar-refractivity contribution >= 4 is 17.3 Å². The summed E-state index contributed by atoms with van der Waals surface area (Å²) in [7, 11) is 1.52. The van der Waals surface area contributed by atoms with Crippen LogP contribution in [-0.2, 0) is 25.9 Å². The number of fused-ring (bicyclic) bond motifs is 1. The van der Waals surface area contributed by atoms with Gasteiger partial charge in [0, 0.05) is 44.4 Å². The number of non-ortho nitro benzene ring substituents is 1. The van der Waals surface area contributed by atoms with Crippen molar-refractivity contribution in [2.24, 2.45) is 0 Å². The highest BCUT2D eigenvalue weighted by molar-refractivity contribution is 6.00. The van der Waals surface area contributed by atoms with Crippen molar-refractivity contribution in [3.8, 4) is 0 Å². The number of nitrogens with zero attached hydrogens (tertiary/aromatic N) is 4. The van der Waals surface area contributed by atoms with Crippen LogP contribution in [0.25, 0.3) is 0 Å². The molecule has 0 radical (unpaired) electrons. The Hall–Kier alpha value is -3.68. The van der Waals surface area contributed by atoms with E-state index < -0.39 is 4.92 Å². The van der Waals surface area contributed by atoms with Crippen LogP contribution in [0.3, 0.4) is 0 Å². The van der Waals surface area contributed by atoms with Gasteiger partial charge < -0.3 is 14.8 Å². The molecule has 0 bridgehead atoms. The zero-order chi connectivity index (χ0) is 21.1. The Morgan fingerprint density at radius 2 is 2.03 bits per heavy atom. The first-order chi connectivity index (χ1) is 14.6. The Balaban J connectivity index is 1.54. The zero-order valence-electron chi connectivity index (χ0n) is 16.7. The maximum Gasteiger partial charge on any atom is 0.270 e. The molecule has 1 amide bonds. The van der Waals surface area contributed by atoms with Gasteiger partial charge in [-0.15, -0.1) is 0 Å². The first-order valence-corrected chi connectivity index (χ1v) is 9.89. The van der Waals surface area contributed by atoms with E-state index in [4.69, 9.17) is 0 Å². The van der Waals surface area contributed by atoms with Gasteiger partial charge in [0.1, 0.15) is 0 Å². The third kappa shape index (κ3) is 3.89. The van der Waals surface area contributed by atoms with Crippen LogP contribution in [0.2, 0.25) is 0 Å². The van der Waals surface area contributed by atoms with Gasteiger partial charge in [-0.1, -0.05) is 30.3 Å². The number of hydrogen-bond acceptors (Lipinski definition) is 5. The lowest BCUT2D eigenvalue weighted by Crippen LogP contribution is -2.33. The average molecular weight is 405 g/mol. The SMILES string of the molecule is CNC(=O)c1cc([N+](=O)[O-])ccc1N1CCc2c(ncn2CCc2ccccc2)C1. The van der Waals surface area contributed by atoms with Crippen molar-refractivity contribution in [1.29, 1.82) is 0 Å². The molecule has 0 saturated heterocycles. The van der Waals surface area contributed by atoms with Gasteiger partial charge in [-0.3, -0.25) is 14.9 Å². The van der Waals surface area contributed by atoms with Crippen molar-refractivity contribution in [3.05, 3.63) is 87.5 Å². The Bertz CT molecular complexity index is 1080. The molecule has 0 unspecified atom stereocenters. The monoisotopic (exact) mass is 405 g/mol. The zero-order valence-corrected chi connectivity index (χ0v) is 16.7. The number of benzene rings is 2. The minimum Gasteiger partial charge on any atom is -0.365 e. The summed E-state index contributed by atoms with van der Waals surface area (Å²) >= 11 is 0. The normalized spacial score (nSPS) is 13.0. The Morgan fingerprint density at radius 1 is 1.23 bits per heavy atom. The molecule has 2 heterocycles. The van der Waals surface area contributed by atoms with Gasteiger partial charge in [0.15, 0.2) is 0 Å². The van der Waals surface area contributed by atoms with E-state index in [0.29, 0.717) is 24.3 Å². The molecule has 1 N–H and O–H groups in total. The molecular formula is C22H23N5O3. The summed E-state index contributed by atoms with van der Waals surface area (Å²) in [6, 6.07) is 14.8. The van der Waals surface area contributed by atoms with Crippen LogP contribution in [0.15, 0.2) is 54.9 Å². The maximum absolute atomic E-state index is 12.3. The number of rotatable bonds is 6. The molecule has 0 fully saturated rings. The molecule has 0 spiro atoms. The minimum absolute atomic E-state index is 0.0970. The fraction of sp³-hybridized carbons (Fsp3) is 0.273. The van der Waals surface area contributed by atoms with Crippen LogP contribution in [0.4, 0.5) is 11.4 Å². The van der Waals surface area contributed by atoms with Crippen LogP contribution in [-0.4, -0.2) is 34.0 Å². The molecule has 8 heteroatoms. The summed E-state index contributed by atoms with van der Waals surface area (Å²) in [5.74, 6) is -0.340. The molecule has 0 saturated carbocycles. The van der Waals surface area contributed by atoms with E-state index in [2.05, 4.69) is 31.9 Å². The van der Waals surface area contributed by atoms with Gasteiger partial charge in [0.05, 0.1) is 34.7 Å². The number of amides is 1. The van der Waals surface area contributed by atoms with E-state index in [1.807, 2.05) is 24.5 Å². The predicted molar refractivity (Wildman–Crippen MR) is 114 cm³/mol. The van der Waals surface area contributed by atoms with Crippen molar-refractivity contribution in [2.75, 3.05) is 18.5 Å². The van der Waals surface area contributed by atoms with Crippen molar-refractivity contribution in [2.45, 2.75) is 25.9 Å². The largest absolute Gasteiger partial charge is 0.365 e. The molecular weight excluding hydrogens is 382 g/mol. The number of imidazole rings is 1. The number of aromatic nitrogens is 2. The summed E-state index contributed by atoms with van der Waals surface area (Å²) in [6.07, 6.45) is 3.62. The van der Waals surface area contributed by atoms with Gasteiger partial charge in [-0.2, -0.15) is 0 Å². The fourth-order valence-corrected chi connectivity index (χ4v) is 3.89. The van der Waals surface area contributed by atoms with Gasteiger partial charge in [-0.25, -0.2) is 4.98 Å². The number of nitro groups is 1. The van der Waals surface area contributed by atoms with Gasteiger partial charge >= 0.3 is 0 Å². The van der Waals surface area contributed by atoms with Crippen LogP contribution in [0, 0.1) is 10.1 Å². The second kappa shape index (κ2) is 8.36. The number of hydrogen-bond donors (Lipinski definition) is 1. The van der Waals surface area contributed by atoms with E-state index in [1.165, 1.54) is 30.4 Å². The smallest absolute Gasteiger partial charge is 0.270 e.